The van der Waals surface area contributed by atoms with Crippen molar-refractivity contribution in [2.75, 3.05) is 10.6 Å². The van der Waals surface area contributed by atoms with Crippen molar-refractivity contribution >= 4 is 17.3 Å². The summed E-state index contributed by atoms with van der Waals surface area (Å²) in [5, 5.41) is 10.9. The number of carbonyl (C=O) groups excluding carboxylic acids is 1. The van der Waals surface area contributed by atoms with E-state index in [-0.39, 0.29) is 11.8 Å². The van der Waals surface area contributed by atoms with E-state index in [9.17, 15) is 4.79 Å². The average Bonchev–Trinajstić information content (AvgIpc) is 3.39. The lowest BCUT2D eigenvalue weighted by atomic mass is 9.72. The van der Waals surface area contributed by atoms with E-state index in [1.54, 1.807) is 6.26 Å². The molecule has 166 valence electrons. The molecule has 31 heavy (non-hydrogen) atoms. The smallest absolute Gasteiger partial charge is 0.228 e. The fraction of sp³-hybridized carbons (Fsp3) is 0.577. The van der Waals surface area contributed by atoms with E-state index >= 15 is 0 Å². The van der Waals surface area contributed by atoms with E-state index in [1.165, 1.54) is 38.5 Å². The molecule has 2 aromatic rings. The van der Waals surface area contributed by atoms with E-state index in [1.807, 2.05) is 18.2 Å². The van der Waals surface area contributed by atoms with Gasteiger partial charge in [-0.2, -0.15) is 0 Å². The van der Waals surface area contributed by atoms with Crippen LogP contribution >= 0.6 is 0 Å². The quantitative estimate of drug-likeness (QED) is 0.560. The Kier molecular flexibility index (Phi) is 5.68. The van der Waals surface area contributed by atoms with Crippen molar-refractivity contribution in [2.45, 2.75) is 82.8 Å². The van der Waals surface area contributed by atoms with Crippen LogP contribution in [0.1, 0.15) is 75.5 Å². The van der Waals surface area contributed by atoms with Gasteiger partial charge in [0, 0.05) is 6.04 Å². The first kappa shape index (κ1) is 20.5. The molecule has 1 aromatic carbocycles. The van der Waals surface area contributed by atoms with Gasteiger partial charge in [-0.25, -0.2) is 0 Å². The molecule has 3 aliphatic rings. The molecule has 5 nitrogen and oxygen atoms in total. The van der Waals surface area contributed by atoms with Gasteiger partial charge in [-0.1, -0.05) is 50.7 Å². The van der Waals surface area contributed by atoms with Gasteiger partial charge in [0.05, 0.1) is 23.6 Å². The van der Waals surface area contributed by atoms with Gasteiger partial charge in [-0.05, 0) is 62.3 Å². The number of anilines is 2. The molecule has 1 amide bonds. The average molecular weight is 422 g/mol. The van der Waals surface area contributed by atoms with Crippen LogP contribution in [0.25, 0.3) is 0 Å². The number of amides is 1. The summed E-state index contributed by atoms with van der Waals surface area (Å²) >= 11 is 0. The molecule has 1 atom stereocenters. The van der Waals surface area contributed by atoms with Crippen molar-refractivity contribution in [2.24, 2.45) is 11.8 Å². The molecule has 0 saturated heterocycles. The Labute approximate surface area is 185 Å². The molecule has 5 rings (SSSR count). The molecule has 1 aliphatic heterocycles. The lowest BCUT2D eigenvalue weighted by molar-refractivity contribution is -0.130. The largest absolute Gasteiger partial charge is 0.464 e. The molecule has 1 aromatic heterocycles. The van der Waals surface area contributed by atoms with E-state index in [2.05, 4.69) is 35.0 Å². The third-order valence-electron chi connectivity index (χ3n) is 7.63. The van der Waals surface area contributed by atoms with Crippen molar-refractivity contribution in [3.8, 4) is 0 Å². The highest BCUT2D eigenvalue weighted by Gasteiger charge is 2.54. The van der Waals surface area contributed by atoms with Gasteiger partial charge in [0.15, 0.2) is 11.4 Å². The number of carbonyl (C=O) groups is 1. The predicted octanol–water partition coefficient (Wildman–Crippen LogP) is 5.92. The van der Waals surface area contributed by atoms with Gasteiger partial charge in [-0.3, -0.25) is 4.79 Å². The molecule has 2 fully saturated rings. The van der Waals surface area contributed by atoms with Crippen molar-refractivity contribution in [3.05, 3.63) is 47.9 Å². The Bertz CT molecular complexity index is 884. The number of benzene rings is 1. The summed E-state index contributed by atoms with van der Waals surface area (Å²) in [7, 11) is 0. The topological polar surface area (TPSA) is 66.3 Å². The molecular weight excluding hydrogens is 386 g/mol. The molecule has 2 aliphatic carbocycles. The summed E-state index contributed by atoms with van der Waals surface area (Å²) in [5.41, 5.74) is 2.37. The number of hydrogen-bond acceptors (Lipinski definition) is 4. The lowest BCUT2D eigenvalue weighted by Gasteiger charge is -2.42. The highest BCUT2D eigenvalue weighted by molar-refractivity contribution is 5.86. The minimum absolute atomic E-state index is 0.169. The summed E-state index contributed by atoms with van der Waals surface area (Å²) in [6.07, 6.45) is 13.5. The van der Waals surface area contributed by atoms with Gasteiger partial charge in [0.1, 0.15) is 0 Å². The van der Waals surface area contributed by atoms with Crippen LogP contribution < -0.4 is 16.0 Å². The normalized spacial score (nSPS) is 22.2. The lowest BCUT2D eigenvalue weighted by Crippen LogP contribution is -2.57. The van der Waals surface area contributed by atoms with E-state index in [0.717, 1.165) is 48.4 Å². The second-order valence-corrected chi connectivity index (χ2v) is 9.76. The zero-order chi connectivity index (χ0) is 21.3. The van der Waals surface area contributed by atoms with Gasteiger partial charge in [0.25, 0.3) is 0 Å². The van der Waals surface area contributed by atoms with Crippen LogP contribution in [0.2, 0.25) is 0 Å². The van der Waals surface area contributed by atoms with Crippen molar-refractivity contribution in [1.82, 2.24) is 5.32 Å². The number of furan rings is 1. The Morgan fingerprint density at radius 1 is 0.968 bits per heavy atom. The highest BCUT2D eigenvalue weighted by atomic mass is 16.3. The predicted molar refractivity (Wildman–Crippen MR) is 124 cm³/mol. The second kappa shape index (κ2) is 8.60. The fourth-order valence-electron chi connectivity index (χ4n) is 6.11. The van der Waals surface area contributed by atoms with Crippen LogP contribution in [-0.2, 0) is 10.5 Å². The molecule has 0 radical (unpaired) electrons. The number of hydrogen-bond donors (Lipinski definition) is 3. The summed E-state index contributed by atoms with van der Waals surface area (Å²) in [5.74, 6) is 1.07. The van der Waals surface area contributed by atoms with Crippen molar-refractivity contribution < 1.29 is 9.21 Å². The van der Waals surface area contributed by atoms with Crippen LogP contribution in [0.3, 0.4) is 0 Å². The van der Waals surface area contributed by atoms with Crippen LogP contribution in [0.15, 0.2) is 41.0 Å². The van der Waals surface area contributed by atoms with Crippen LogP contribution in [-0.4, -0.2) is 11.9 Å². The van der Waals surface area contributed by atoms with Gasteiger partial charge in [-0.15, -0.1) is 0 Å². The highest BCUT2D eigenvalue weighted by Crippen LogP contribution is 2.49. The number of nitrogens with one attached hydrogen (secondary N) is 3. The van der Waals surface area contributed by atoms with E-state index in [0.29, 0.717) is 12.0 Å². The van der Waals surface area contributed by atoms with Gasteiger partial charge >= 0.3 is 0 Å². The summed E-state index contributed by atoms with van der Waals surface area (Å²) in [6, 6.07) is 10.5. The maximum atomic E-state index is 14.0. The molecule has 2 heterocycles. The first-order valence-corrected chi connectivity index (χ1v) is 12.2. The maximum absolute atomic E-state index is 14.0. The van der Waals surface area contributed by atoms with Gasteiger partial charge < -0.3 is 20.4 Å². The molecular formula is C26H35N3O2. The second-order valence-electron chi connectivity index (χ2n) is 9.76. The zero-order valence-corrected chi connectivity index (χ0v) is 18.6. The Hall–Kier alpha value is -2.43. The Morgan fingerprint density at radius 3 is 2.16 bits per heavy atom. The third-order valence-corrected chi connectivity index (χ3v) is 7.63. The van der Waals surface area contributed by atoms with Crippen LogP contribution in [0, 0.1) is 18.8 Å². The minimum atomic E-state index is -0.766. The number of fused-ring (bicyclic) bond motifs is 1. The summed E-state index contributed by atoms with van der Waals surface area (Å²) < 4.78 is 6.09. The zero-order valence-electron chi connectivity index (χ0n) is 18.6. The fourth-order valence-corrected chi connectivity index (χ4v) is 6.11. The monoisotopic (exact) mass is 421 g/mol. The Morgan fingerprint density at radius 2 is 1.58 bits per heavy atom. The number of rotatable bonds is 5. The minimum Gasteiger partial charge on any atom is -0.464 e. The SMILES string of the molecule is Cc1ccoc1C1(C(C(=O)NC2CCCCC2)C2CCCCC2)Nc2ccccc2N1. The van der Waals surface area contributed by atoms with Crippen LogP contribution in [0.5, 0.6) is 0 Å². The van der Waals surface area contributed by atoms with E-state index < -0.39 is 5.66 Å². The van der Waals surface area contributed by atoms with E-state index in [4.69, 9.17) is 4.42 Å². The van der Waals surface area contributed by atoms with Crippen molar-refractivity contribution in [1.29, 1.82) is 0 Å². The first-order valence-electron chi connectivity index (χ1n) is 12.2. The molecule has 1 unspecified atom stereocenters. The first-order chi connectivity index (χ1) is 15.2. The summed E-state index contributed by atoms with van der Waals surface area (Å²) in [4.78, 5) is 14.0. The number of aryl methyl sites for hydroxylation is 1. The third kappa shape index (κ3) is 3.83. The van der Waals surface area contributed by atoms with Crippen LogP contribution in [0.4, 0.5) is 11.4 Å². The maximum Gasteiger partial charge on any atom is 0.228 e. The molecule has 0 spiro atoms. The summed E-state index contributed by atoms with van der Waals surface area (Å²) in [6.45, 7) is 2.07. The standard InChI is InChI=1S/C26H35N3O2/c1-18-16-17-31-24(18)26(28-21-14-8-9-15-22(21)29-26)23(19-10-4-2-5-11-19)25(30)27-20-12-6-3-7-13-20/h8-9,14-17,19-20,23,28-29H,2-7,10-13H2,1H3,(H,27,30). The van der Waals surface area contributed by atoms with Crippen molar-refractivity contribution in [3.63, 3.8) is 0 Å². The molecule has 5 heteroatoms. The van der Waals surface area contributed by atoms with Gasteiger partial charge in [0.2, 0.25) is 5.91 Å². The Balaban J connectivity index is 1.55. The number of para-hydroxylation sites is 2. The molecule has 0 bridgehead atoms. The molecule has 2 saturated carbocycles. The molecule has 3 N–H and O–H groups in total.